The number of pyridine rings is 2. The largest absolute Gasteiger partial charge is 0.339 e. The van der Waals surface area contributed by atoms with E-state index in [0.29, 0.717) is 30.2 Å². The van der Waals surface area contributed by atoms with Gasteiger partial charge in [0.05, 0.1) is 17.0 Å². The summed E-state index contributed by atoms with van der Waals surface area (Å²) >= 11 is 6.54. The van der Waals surface area contributed by atoms with Gasteiger partial charge in [-0.05, 0) is 30.5 Å². The molecule has 1 atom stereocenters. The highest BCUT2D eigenvalue weighted by atomic mass is 35.5. The SMILES string of the molecule is C=CC(=O)N1CC[C@@H](Cn2nc(-c3ccc(C(=O)Cc4ccccn4)cc3)c3cncc(Cl)c32)C1. The highest BCUT2D eigenvalue weighted by Gasteiger charge is 2.27. The lowest BCUT2D eigenvalue weighted by molar-refractivity contribution is -0.125. The third-order valence-electron chi connectivity index (χ3n) is 6.36. The number of halogens is 1. The lowest BCUT2D eigenvalue weighted by atomic mass is 10.0. The first-order valence-electron chi connectivity index (χ1n) is 11.5. The van der Waals surface area contributed by atoms with Crippen LogP contribution >= 0.6 is 11.6 Å². The predicted octanol–water partition coefficient (Wildman–Crippen LogP) is 4.61. The van der Waals surface area contributed by atoms with Crippen LogP contribution in [0.1, 0.15) is 22.5 Å². The fourth-order valence-corrected chi connectivity index (χ4v) is 4.83. The molecule has 7 nitrogen and oxygen atoms in total. The van der Waals surface area contributed by atoms with Gasteiger partial charge in [0, 0.05) is 60.4 Å². The predicted molar refractivity (Wildman–Crippen MR) is 135 cm³/mol. The van der Waals surface area contributed by atoms with Gasteiger partial charge < -0.3 is 4.90 Å². The molecule has 0 bridgehead atoms. The van der Waals surface area contributed by atoms with Crippen molar-refractivity contribution < 1.29 is 9.59 Å². The normalized spacial score (nSPS) is 15.5. The second-order valence-electron chi connectivity index (χ2n) is 8.69. The van der Waals surface area contributed by atoms with Gasteiger partial charge >= 0.3 is 0 Å². The van der Waals surface area contributed by atoms with Crippen LogP contribution in [0.4, 0.5) is 0 Å². The van der Waals surface area contributed by atoms with Gasteiger partial charge in [-0.3, -0.25) is 24.2 Å². The Balaban J connectivity index is 1.41. The second-order valence-corrected chi connectivity index (χ2v) is 9.10. The highest BCUT2D eigenvalue weighted by Crippen LogP contribution is 2.33. The Hall–Kier alpha value is -3.84. The molecular weight excluding hydrogens is 462 g/mol. The van der Waals surface area contributed by atoms with Gasteiger partial charge in [0.1, 0.15) is 5.69 Å². The first kappa shape index (κ1) is 22.9. The zero-order valence-electron chi connectivity index (χ0n) is 19.1. The number of benzene rings is 1. The Morgan fingerprint density at radius 1 is 1.14 bits per heavy atom. The summed E-state index contributed by atoms with van der Waals surface area (Å²) in [7, 11) is 0. The van der Waals surface area contributed by atoms with Crippen LogP contribution in [0, 0.1) is 5.92 Å². The number of hydrogen-bond donors (Lipinski definition) is 0. The molecule has 176 valence electrons. The number of amides is 1. The van der Waals surface area contributed by atoms with Gasteiger partial charge in [0.25, 0.3) is 0 Å². The lowest BCUT2D eigenvalue weighted by Crippen LogP contribution is -2.27. The number of aromatic nitrogens is 4. The zero-order valence-corrected chi connectivity index (χ0v) is 19.9. The molecule has 35 heavy (non-hydrogen) atoms. The van der Waals surface area contributed by atoms with E-state index in [1.165, 1.54) is 6.08 Å². The Kier molecular flexibility index (Phi) is 6.42. The Morgan fingerprint density at radius 3 is 2.71 bits per heavy atom. The van der Waals surface area contributed by atoms with Crippen LogP contribution in [0.15, 0.2) is 73.7 Å². The highest BCUT2D eigenvalue weighted by molar-refractivity contribution is 6.35. The molecule has 0 radical (unpaired) electrons. The number of fused-ring (bicyclic) bond motifs is 1. The summed E-state index contributed by atoms with van der Waals surface area (Å²) in [6, 6.07) is 13.0. The van der Waals surface area contributed by atoms with Crippen molar-refractivity contribution in [3.05, 3.63) is 90.0 Å². The first-order valence-corrected chi connectivity index (χ1v) is 11.9. The monoisotopic (exact) mass is 485 g/mol. The molecule has 0 saturated carbocycles. The van der Waals surface area contributed by atoms with Gasteiger partial charge in [-0.2, -0.15) is 5.10 Å². The molecule has 1 aromatic carbocycles. The average Bonchev–Trinajstić information content (AvgIpc) is 3.50. The molecule has 0 spiro atoms. The summed E-state index contributed by atoms with van der Waals surface area (Å²) in [5.41, 5.74) is 3.82. The van der Waals surface area contributed by atoms with Crippen molar-refractivity contribution in [3.63, 3.8) is 0 Å². The van der Waals surface area contributed by atoms with Crippen molar-refractivity contribution in [3.8, 4) is 11.3 Å². The van der Waals surface area contributed by atoms with E-state index in [2.05, 4.69) is 16.5 Å². The summed E-state index contributed by atoms with van der Waals surface area (Å²) in [6.07, 6.45) is 7.58. The maximum Gasteiger partial charge on any atom is 0.245 e. The van der Waals surface area contributed by atoms with Crippen LogP contribution < -0.4 is 0 Å². The number of carbonyl (C=O) groups is 2. The van der Waals surface area contributed by atoms with Crippen LogP contribution in [-0.2, 0) is 17.8 Å². The Labute approximate surface area is 208 Å². The Morgan fingerprint density at radius 2 is 1.97 bits per heavy atom. The molecule has 4 heterocycles. The van der Waals surface area contributed by atoms with Gasteiger partial charge in [0.2, 0.25) is 5.91 Å². The molecule has 1 aliphatic heterocycles. The molecule has 1 fully saturated rings. The minimum Gasteiger partial charge on any atom is -0.339 e. The van der Waals surface area contributed by atoms with E-state index in [4.69, 9.17) is 16.7 Å². The summed E-state index contributed by atoms with van der Waals surface area (Å²) in [5, 5.41) is 6.27. The third-order valence-corrected chi connectivity index (χ3v) is 6.63. The van der Waals surface area contributed by atoms with Crippen LogP contribution in [0.25, 0.3) is 22.2 Å². The van der Waals surface area contributed by atoms with E-state index in [0.717, 1.165) is 34.3 Å². The van der Waals surface area contributed by atoms with Crippen molar-refractivity contribution in [2.75, 3.05) is 13.1 Å². The molecule has 8 heteroatoms. The van der Waals surface area contributed by atoms with Gasteiger partial charge in [-0.15, -0.1) is 0 Å². The van der Waals surface area contributed by atoms with Crippen molar-refractivity contribution in [1.29, 1.82) is 0 Å². The lowest BCUT2D eigenvalue weighted by Gasteiger charge is -2.14. The number of rotatable bonds is 7. The topological polar surface area (TPSA) is 81.0 Å². The van der Waals surface area contributed by atoms with E-state index in [1.807, 2.05) is 52.0 Å². The van der Waals surface area contributed by atoms with Gasteiger partial charge in [0.15, 0.2) is 5.78 Å². The van der Waals surface area contributed by atoms with Crippen LogP contribution in [0.5, 0.6) is 0 Å². The summed E-state index contributed by atoms with van der Waals surface area (Å²) in [4.78, 5) is 35.0. The minimum atomic E-state index is -0.0431. The first-order chi connectivity index (χ1) is 17.0. The number of hydrogen-bond acceptors (Lipinski definition) is 5. The molecule has 1 aliphatic rings. The van der Waals surface area contributed by atoms with Gasteiger partial charge in [-0.25, -0.2) is 0 Å². The summed E-state index contributed by atoms with van der Waals surface area (Å²) in [5.74, 6) is 0.235. The molecule has 5 rings (SSSR count). The fourth-order valence-electron chi connectivity index (χ4n) is 4.57. The average molecular weight is 486 g/mol. The zero-order chi connectivity index (χ0) is 24.4. The summed E-state index contributed by atoms with van der Waals surface area (Å²) in [6.45, 7) is 5.60. The van der Waals surface area contributed by atoms with Crippen molar-refractivity contribution in [1.82, 2.24) is 24.6 Å². The second kappa shape index (κ2) is 9.80. The van der Waals surface area contributed by atoms with E-state index >= 15 is 0 Å². The smallest absolute Gasteiger partial charge is 0.245 e. The number of carbonyl (C=O) groups excluding carboxylic acids is 2. The number of likely N-dealkylation sites (tertiary alicyclic amines) is 1. The quantitative estimate of drug-likeness (QED) is 0.282. The maximum absolute atomic E-state index is 12.7. The molecule has 4 aromatic rings. The number of nitrogens with zero attached hydrogens (tertiary/aromatic N) is 5. The molecule has 1 amide bonds. The van der Waals surface area contributed by atoms with E-state index in [-0.39, 0.29) is 24.0 Å². The van der Waals surface area contributed by atoms with Crippen LogP contribution in [0.3, 0.4) is 0 Å². The third kappa shape index (κ3) is 4.72. The van der Waals surface area contributed by atoms with Crippen molar-refractivity contribution >= 4 is 34.2 Å². The number of ketones is 1. The Bertz CT molecular complexity index is 1400. The van der Waals surface area contributed by atoms with Crippen LogP contribution in [-0.4, -0.2) is 49.4 Å². The minimum absolute atomic E-state index is 0.00945. The van der Waals surface area contributed by atoms with E-state index in [1.54, 1.807) is 18.6 Å². The van der Waals surface area contributed by atoms with E-state index < -0.39 is 0 Å². The summed E-state index contributed by atoms with van der Waals surface area (Å²) < 4.78 is 1.92. The van der Waals surface area contributed by atoms with Crippen LogP contribution in [0.2, 0.25) is 5.02 Å². The standard InChI is InChI=1S/C27H24ClN5O2/c1-2-25(35)32-12-10-18(16-32)17-33-27-22(14-29-15-23(27)28)26(31-33)20-8-6-19(7-9-20)24(34)13-21-5-3-4-11-30-21/h2-9,11,14-15,18H,1,10,12-13,16-17H2/t18-/m1/s1. The van der Waals surface area contributed by atoms with E-state index in [9.17, 15) is 9.59 Å². The molecular formula is C27H24ClN5O2. The molecule has 0 aliphatic carbocycles. The molecule has 0 N–H and O–H groups in total. The van der Waals surface area contributed by atoms with Gasteiger partial charge in [-0.1, -0.05) is 48.5 Å². The molecule has 3 aromatic heterocycles. The molecule has 1 saturated heterocycles. The fraction of sp³-hybridized carbons (Fsp3) is 0.222. The van der Waals surface area contributed by atoms with Crippen molar-refractivity contribution in [2.45, 2.75) is 19.4 Å². The van der Waals surface area contributed by atoms with Crippen molar-refractivity contribution in [2.24, 2.45) is 5.92 Å². The molecule has 0 unspecified atom stereocenters. The maximum atomic E-state index is 12.7. The number of Topliss-reactive ketones (excluding diaryl/α,β-unsaturated/α-hetero) is 1.